The minimum absolute atomic E-state index is 0.307. The van der Waals surface area contributed by atoms with Crippen LogP contribution in [0.5, 0.6) is 0 Å². The van der Waals surface area contributed by atoms with Gasteiger partial charge in [0.1, 0.15) is 11.9 Å². The Morgan fingerprint density at radius 3 is 2.50 bits per heavy atom. The zero-order valence-corrected chi connectivity index (χ0v) is 11.1. The Labute approximate surface area is 108 Å². The van der Waals surface area contributed by atoms with Crippen LogP contribution in [-0.4, -0.2) is 31.6 Å². The van der Waals surface area contributed by atoms with Crippen LogP contribution in [-0.2, 0) is 9.53 Å². The molecule has 1 aromatic carbocycles. The van der Waals surface area contributed by atoms with Crippen LogP contribution in [0.4, 0.5) is 4.39 Å². The van der Waals surface area contributed by atoms with Crippen molar-refractivity contribution in [3.63, 3.8) is 0 Å². The molecule has 18 heavy (non-hydrogen) atoms. The van der Waals surface area contributed by atoms with Gasteiger partial charge in [-0.25, -0.2) is 9.18 Å². The van der Waals surface area contributed by atoms with Gasteiger partial charge in [-0.05, 0) is 37.7 Å². The number of benzene rings is 1. The molecule has 0 spiro atoms. The van der Waals surface area contributed by atoms with Crippen molar-refractivity contribution >= 4 is 5.97 Å². The molecular formula is C14H20FNO2. The number of carbonyl (C=O) groups excluding carboxylic acids is 1. The second-order valence-corrected chi connectivity index (χ2v) is 4.31. The lowest BCUT2D eigenvalue weighted by molar-refractivity contribution is -0.146. The zero-order chi connectivity index (χ0) is 13.5. The van der Waals surface area contributed by atoms with Gasteiger partial charge in [-0.2, -0.15) is 0 Å². The summed E-state index contributed by atoms with van der Waals surface area (Å²) in [7, 11) is 3.24. The number of halogens is 1. The van der Waals surface area contributed by atoms with Crippen molar-refractivity contribution in [3.05, 3.63) is 35.6 Å². The van der Waals surface area contributed by atoms with Gasteiger partial charge in [0.05, 0.1) is 7.11 Å². The van der Waals surface area contributed by atoms with E-state index in [0.29, 0.717) is 0 Å². The number of hydrogen-bond acceptors (Lipinski definition) is 3. The van der Waals surface area contributed by atoms with Gasteiger partial charge in [0.15, 0.2) is 0 Å². The van der Waals surface area contributed by atoms with Crippen LogP contribution < -0.4 is 0 Å². The van der Waals surface area contributed by atoms with Crippen molar-refractivity contribution in [2.24, 2.45) is 0 Å². The summed E-state index contributed by atoms with van der Waals surface area (Å²) in [6.45, 7) is 2.90. The molecule has 0 saturated carbocycles. The van der Waals surface area contributed by atoms with Crippen LogP contribution in [0, 0.1) is 5.82 Å². The van der Waals surface area contributed by atoms with Gasteiger partial charge in [-0.1, -0.05) is 25.5 Å². The number of likely N-dealkylation sites (N-methyl/N-ethyl adjacent to an activating group) is 1. The van der Waals surface area contributed by atoms with Crippen molar-refractivity contribution in [2.45, 2.75) is 25.8 Å². The molecular weight excluding hydrogens is 233 g/mol. The summed E-state index contributed by atoms with van der Waals surface area (Å²) in [5.74, 6) is -0.626. The number of ether oxygens (including phenoxy) is 1. The molecule has 0 aliphatic rings. The van der Waals surface area contributed by atoms with Gasteiger partial charge in [-0.3, -0.25) is 4.90 Å². The second kappa shape index (κ2) is 7.11. The average molecular weight is 253 g/mol. The van der Waals surface area contributed by atoms with Crippen LogP contribution >= 0.6 is 0 Å². The smallest absolute Gasteiger partial charge is 0.327 e. The van der Waals surface area contributed by atoms with E-state index in [-0.39, 0.29) is 11.8 Å². The number of methoxy groups -OCH3 is 1. The van der Waals surface area contributed by atoms with Crippen molar-refractivity contribution < 1.29 is 13.9 Å². The molecule has 0 saturated heterocycles. The first-order valence-electron chi connectivity index (χ1n) is 6.13. The molecule has 1 atom stereocenters. The number of hydrogen-bond donors (Lipinski definition) is 0. The lowest BCUT2D eigenvalue weighted by Crippen LogP contribution is -2.32. The van der Waals surface area contributed by atoms with Crippen molar-refractivity contribution in [1.29, 1.82) is 0 Å². The molecule has 0 bridgehead atoms. The Kier molecular flexibility index (Phi) is 5.78. The van der Waals surface area contributed by atoms with Crippen LogP contribution in [0.25, 0.3) is 0 Å². The van der Waals surface area contributed by atoms with E-state index in [1.807, 2.05) is 11.9 Å². The minimum atomic E-state index is -0.470. The highest BCUT2D eigenvalue weighted by molar-refractivity contribution is 5.77. The minimum Gasteiger partial charge on any atom is -0.468 e. The fourth-order valence-corrected chi connectivity index (χ4v) is 1.86. The fraction of sp³-hybridized carbons (Fsp3) is 0.500. The maximum absolute atomic E-state index is 12.9. The molecule has 1 aromatic rings. The van der Waals surface area contributed by atoms with E-state index in [4.69, 9.17) is 4.74 Å². The standard InChI is InChI=1S/C14H20FNO2/c1-4-5-10-16(2)13(14(17)18-3)11-6-8-12(15)9-7-11/h6-9,13H,4-5,10H2,1-3H3. The molecule has 0 aliphatic heterocycles. The summed E-state index contributed by atoms with van der Waals surface area (Å²) < 4.78 is 17.7. The Hall–Kier alpha value is -1.42. The van der Waals surface area contributed by atoms with Gasteiger partial charge in [0, 0.05) is 0 Å². The molecule has 3 nitrogen and oxygen atoms in total. The molecule has 1 unspecified atom stereocenters. The topological polar surface area (TPSA) is 29.5 Å². The number of unbranched alkanes of at least 4 members (excludes halogenated alkanes) is 1. The molecule has 1 rings (SSSR count). The van der Waals surface area contributed by atoms with Crippen molar-refractivity contribution in [3.8, 4) is 0 Å². The van der Waals surface area contributed by atoms with Gasteiger partial charge in [-0.15, -0.1) is 0 Å². The molecule has 100 valence electrons. The number of rotatable bonds is 6. The molecule has 0 aromatic heterocycles. The summed E-state index contributed by atoms with van der Waals surface area (Å²) in [5, 5.41) is 0. The molecule has 0 N–H and O–H groups in total. The third-order valence-corrected chi connectivity index (χ3v) is 2.92. The number of carbonyl (C=O) groups is 1. The highest BCUT2D eigenvalue weighted by Gasteiger charge is 2.25. The highest BCUT2D eigenvalue weighted by atomic mass is 19.1. The maximum atomic E-state index is 12.9. The molecule has 0 radical (unpaired) electrons. The monoisotopic (exact) mass is 253 g/mol. The van der Waals surface area contributed by atoms with Crippen LogP contribution in [0.15, 0.2) is 24.3 Å². The van der Waals surface area contributed by atoms with E-state index in [9.17, 15) is 9.18 Å². The Morgan fingerprint density at radius 1 is 1.39 bits per heavy atom. The van der Waals surface area contributed by atoms with E-state index in [1.54, 1.807) is 12.1 Å². The fourth-order valence-electron chi connectivity index (χ4n) is 1.86. The van der Waals surface area contributed by atoms with Crippen molar-refractivity contribution in [1.82, 2.24) is 4.90 Å². The first-order chi connectivity index (χ1) is 8.60. The van der Waals surface area contributed by atoms with E-state index < -0.39 is 6.04 Å². The predicted molar refractivity (Wildman–Crippen MR) is 68.7 cm³/mol. The Bertz CT molecular complexity index is 378. The first-order valence-corrected chi connectivity index (χ1v) is 6.13. The van der Waals surface area contributed by atoms with Crippen LogP contribution in [0.1, 0.15) is 31.4 Å². The van der Waals surface area contributed by atoms with Gasteiger partial charge >= 0.3 is 5.97 Å². The average Bonchev–Trinajstić information content (AvgIpc) is 2.38. The summed E-state index contributed by atoms with van der Waals surface area (Å²) in [4.78, 5) is 13.8. The maximum Gasteiger partial charge on any atom is 0.327 e. The third-order valence-electron chi connectivity index (χ3n) is 2.92. The summed E-state index contributed by atoms with van der Waals surface area (Å²) >= 11 is 0. The summed E-state index contributed by atoms with van der Waals surface area (Å²) in [6, 6.07) is 5.50. The van der Waals surface area contributed by atoms with Crippen LogP contribution in [0.2, 0.25) is 0 Å². The normalized spacial score (nSPS) is 12.5. The van der Waals surface area contributed by atoms with E-state index in [0.717, 1.165) is 24.9 Å². The van der Waals surface area contributed by atoms with Crippen LogP contribution in [0.3, 0.4) is 0 Å². The lowest BCUT2D eigenvalue weighted by atomic mass is 10.1. The SMILES string of the molecule is CCCCN(C)C(C(=O)OC)c1ccc(F)cc1. The predicted octanol–water partition coefficient (Wildman–Crippen LogP) is 2.77. The summed E-state index contributed by atoms with van der Waals surface area (Å²) in [5.41, 5.74) is 0.752. The molecule has 0 amide bonds. The first kappa shape index (κ1) is 14.6. The van der Waals surface area contributed by atoms with Crippen molar-refractivity contribution in [2.75, 3.05) is 20.7 Å². The highest BCUT2D eigenvalue weighted by Crippen LogP contribution is 2.21. The molecule has 0 aliphatic carbocycles. The molecule has 4 heteroatoms. The molecule has 0 heterocycles. The van der Waals surface area contributed by atoms with E-state index in [2.05, 4.69) is 6.92 Å². The largest absolute Gasteiger partial charge is 0.468 e. The van der Waals surface area contributed by atoms with Gasteiger partial charge in [0.25, 0.3) is 0 Å². The quantitative estimate of drug-likeness (QED) is 0.730. The van der Waals surface area contributed by atoms with E-state index in [1.165, 1.54) is 19.2 Å². The van der Waals surface area contributed by atoms with E-state index >= 15 is 0 Å². The molecule has 0 fully saturated rings. The van der Waals surface area contributed by atoms with Gasteiger partial charge < -0.3 is 4.74 Å². The number of nitrogens with zero attached hydrogens (tertiary/aromatic N) is 1. The Balaban J connectivity index is 2.90. The van der Waals surface area contributed by atoms with Gasteiger partial charge in [0.2, 0.25) is 0 Å². The third kappa shape index (κ3) is 3.81. The second-order valence-electron chi connectivity index (χ2n) is 4.31. The lowest BCUT2D eigenvalue weighted by Gasteiger charge is -2.26. The number of esters is 1. The Morgan fingerprint density at radius 2 is 2.00 bits per heavy atom. The summed E-state index contributed by atoms with van der Waals surface area (Å²) in [6.07, 6.45) is 2.06. The zero-order valence-electron chi connectivity index (χ0n) is 11.1.